The highest BCUT2D eigenvalue weighted by molar-refractivity contribution is 5.89. The van der Waals surface area contributed by atoms with E-state index in [1.165, 1.54) is 12.1 Å². The van der Waals surface area contributed by atoms with E-state index < -0.39 is 0 Å². The molecule has 1 aromatic carbocycles. The van der Waals surface area contributed by atoms with E-state index in [-0.39, 0.29) is 49.1 Å². The van der Waals surface area contributed by atoms with Crippen molar-refractivity contribution in [2.75, 3.05) is 18.0 Å². The maximum Gasteiger partial charge on any atom is 0.158 e. The number of H-pyrrole nitrogens is 1. The zero-order chi connectivity index (χ0) is 17.2. The molecule has 0 saturated carbocycles. The van der Waals surface area contributed by atoms with Crippen molar-refractivity contribution in [2.24, 2.45) is 5.73 Å². The second-order valence-corrected chi connectivity index (χ2v) is 6.36. The second kappa shape index (κ2) is 10.6. The lowest BCUT2D eigenvalue weighted by molar-refractivity contribution is 0.498. The molecular weight excluding hydrogens is 424 g/mol. The SMILES string of the molecule is Cl.Cl.Cl.NC1CCN(c2n[nH]c(-c3ccc(F)cc3)c2-c2ccncc2)CC1. The van der Waals surface area contributed by atoms with Gasteiger partial charge in [-0.3, -0.25) is 10.1 Å². The molecule has 0 radical (unpaired) electrons. The molecule has 4 rings (SSSR count). The summed E-state index contributed by atoms with van der Waals surface area (Å²) in [6, 6.07) is 10.7. The quantitative estimate of drug-likeness (QED) is 0.623. The first kappa shape index (κ1) is 24.2. The van der Waals surface area contributed by atoms with Gasteiger partial charge in [-0.1, -0.05) is 0 Å². The summed E-state index contributed by atoms with van der Waals surface area (Å²) >= 11 is 0. The van der Waals surface area contributed by atoms with Crippen LogP contribution >= 0.6 is 37.2 Å². The number of rotatable bonds is 3. The van der Waals surface area contributed by atoms with Gasteiger partial charge in [0.15, 0.2) is 5.82 Å². The lowest BCUT2D eigenvalue weighted by Gasteiger charge is -2.31. The molecule has 0 spiro atoms. The van der Waals surface area contributed by atoms with Crippen LogP contribution in [0.1, 0.15) is 12.8 Å². The maximum absolute atomic E-state index is 13.3. The molecule has 0 unspecified atom stereocenters. The number of nitrogens with two attached hydrogens (primary N) is 1. The minimum atomic E-state index is -0.251. The Hall–Kier alpha value is -1.86. The number of piperidine rings is 1. The van der Waals surface area contributed by atoms with Gasteiger partial charge in [0.2, 0.25) is 0 Å². The Morgan fingerprint density at radius 1 is 0.929 bits per heavy atom. The molecule has 0 atom stereocenters. The predicted octanol–water partition coefficient (Wildman–Crippen LogP) is 4.47. The topological polar surface area (TPSA) is 70.8 Å². The molecule has 5 nitrogen and oxygen atoms in total. The highest BCUT2D eigenvalue weighted by Gasteiger charge is 2.24. The molecule has 1 aliphatic rings. The molecule has 1 fully saturated rings. The molecule has 1 saturated heterocycles. The molecule has 1 aliphatic heterocycles. The van der Waals surface area contributed by atoms with Crippen LogP contribution in [0.25, 0.3) is 22.4 Å². The number of anilines is 1. The van der Waals surface area contributed by atoms with E-state index in [0.717, 1.165) is 54.1 Å². The van der Waals surface area contributed by atoms with Crippen molar-refractivity contribution in [3.8, 4) is 22.4 Å². The van der Waals surface area contributed by atoms with Gasteiger partial charge in [0.05, 0.1) is 11.3 Å². The van der Waals surface area contributed by atoms with Crippen LogP contribution in [-0.4, -0.2) is 34.3 Å². The van der Waals surface area contributed by atoms with E-state index in [2.05, 4.69) is 20.1 Å². The Morgan fingerprint density at radius 3 is 2.14 bits per heavy atom. The number of halogens is 4. The standard InChI is InChI=1S/C19H20FN5.3ClH/c20-15-3-1-14(2-4-15)18-17(13-5-9-22-10-6-13)19(24-23-18)25-11-7-16(21)8-12-25;;;/h1-6,9-10,16H,7-8,11-12,21H2,(H,23,24);3*1H. The first-order chi connectivity index (χ1) is 12.2. The van der Waals surface area contributed by atoms with Crippen molar-refractivity contribution in [2.45, 2.75) is 18.9 Å². The average molecular weight is 447 g/mol. The number of pyridine rings is 1. The Balaban J connectivity index is 0.00000131. The van der Waals surface area contributed by atoms with Crippen LogP contribution in [0.2, 0.25) is 0 Å². The van der Waals surface area contributed by atoms with Gasteiger partial charge in [0.25, 0.3) is 0 Å². The Morgan fingerprint density at radius 2 is 1.54 bits per heavy atom. The zero-order valence-corrected chi connectivity index (χ0v) is 17.5. The summed E-state index contributed by atoms with van der Waals surface area (Å²) in [4.78, 5) is 6.38. The molecule has 3 N–H and O–H groups in total. The van der Waals surface area contributed by atoms with Gasteiger partial charge in [0.1, 0.15) is 5.82 Å². The molecule has 28 heavy (non-hydrogen) atoms. The highest BCUT2D eigenvalue weighted by Crippen LogP contribution is 2.38. The summed E-state index contributed by atoms with van der Waals surface area (Å²) in [5, 5.41) is 7.74. The van der Waals surface area contributed by atoms with E-state index in [4.69, 9.17) is 5.73 Å². The molecule has 0 bridgehead atoms. The van der Waals surface area contributed by atoms with Crippen molar-refractivity contribution < 1.29 is 4.39 Å². The van der Waals surface area contributed by atoms with Crippen LogP contribution in [0.5, 0.6) is 0 Å². The largest absolute Gasteiger partial charge is 0.355 e. The molecule has 9 heteroatoms. The molecule has 0 aliphatic carbocycles. The van der Waals surface area contributed by atoms with Crippen molar-refractivity contribution in [1.82, 2.24) is 15.2 Å². The third kappa shape index (κ3) is 4.94. The molecule has 3 heterocycles. The average Bonchev–Trinajstić information content (AvgIpc) is 3.09. The molecular formula is C19H23Cl3FN5. The van der Waals surface area contributed by atoms with E-state index in [0.29, 0.717) is 0 Å². The number of hydrogen-bond acceptors (Lipinski definition) is 4. The monoisotopic (exact) mass is 445 g/mol. The summed E-state index contributed by atoms with van der Waals surface area (Å²) in [7, 11) is 0. The van der Waals surface area contributed by atoms with Gasteiger partial charge in [0, 0.05) is 37.1 Å². The Bertz CT molecular complexity index is 850. The van der Waals surface area contributed by atoms with Gasteiger partial charge >= 0.3 is 0 Å². The van der Waals surface area contributed by atoms with Crippen LogP contribution < -0.4 is 10.6 Å². The lowest BCUT2D eigenvalue weighted by Crippen LogP contribution is -2.40. The van der Waals surface area contributed by atoms with E-state index in [1.54, 1.807) is 24.5 Å². The maximum atomic E-state index is 13.3. The summed E-state index contributed by atoms with van der Waals surface area (Å²) in [5.41, 5.74) is 9.88. The van der Waals surface area contributed by atoms with E-state index in [9.17, 15) is 4.39 Å². The van der Waals surface area contributed by atoms with Crippen LogP contribution in [-0.2, 0) is 0 Å². The van der Waals surface area contributed by atoms with E-state index in [1.807, 2.05) is 12.1 Å². The smallest absolute Gasteiger partial charge is 0.158 e. The summed E-state index contributed by atoms with van der Waals surface area (Å²) in [6.45, 7) is 1.76. The molecule has 152 valence electrons. The first-order valence-corrected chi connectivity index (χ1v) is 8.47. The minimum absolute atomic E-state index is 0. The number of nitrogens with zero attached hydrogens (tertiary/aromatic N) is 3. The predicted molar refractivity (Wildman–Crippen MR) is 118 cm³/mol. The number of aromatic amines is 1. The summed E-state index contributed by atoms with van der Waals surface area (Å²) < 4.78 is 13.3. The fourth-order valence-corrected chi connectivity index (χ4v) is 3.29. The van der Waals surface area contributed by atoms with Crippen LogP contribution in [0.4, 0.5) is 10.2 Å². The van der Waals surface area contributed by atoms with Gasteiger partial charge in [-0.25, -0.2) is 4.39 Å². The van der Waals surface area contributed by atoms with Gasteiger partial charge in [-0.15, -0.1) is 37.2 Å². The fourth-order valence-electron chi connectivity index (χ4n) is 3.29. The molecule has 3 aromatic rings. The van der Waals surface area contributed by atoms with Crippen molar-refractivity contribution in [3.63, 3.8) is 0 Å². The van der Waals surface area contributed by atoms with Gasteiger partial charge in [-0.05, 0) is 54.8 Å². The first-order valence-electron chi connectivity index (χ1n) is 8.47. The van der Waals surface area contributed by atoms with Crippen molar-refractivity contribution in [3.05, 3.63) is 54.6 Å². The fraction of sp³-hybridized carbons (Fsp3) is 0.263. The van der Waals surface area contributed by atoms with Crippen molar-refractivity contribution >= 4 is 43.0 Å². The lowest BCUT2D eigenvalue weighted by atomic mass is 10.00. The van der Waals surface area contributed by atoms with Crippen molar-refractivity contribution in [1.29, 1.82) is 0 Å². The van der Waals surface area contributed by atoms with Gasteiger partial charge in [-0.2, -0.15) is 5.10 Å². The minimum Gasteiger partial charge on any atom is -0.355 e. The van der Waals surface area contributed by atoms with E-state index >= 15 is 0 Å². The third-order valence-corrected chi connectivity index (χ3v) is 4.69. The second-order valence-electron chi connectivity index (χ2n) is 6.36. The zero-order valence-electron chi connectivity index (χ0n) is 15.0. The summed E-state index contributed by atoms with van der Waals surface area (Å²) in [6.07, 6.45) is 5.45. The Kier molecular flexibility index (Phi) is 9.17. The highest BCUT2D eigenvalue weighted by atomic mass is 35.5. The van der Waals surface area contributed by atoms with Gasteiger partial charge < -0.3 is 10.6 Å². The number of nitrogens with one attached hydrogen (secondary N) is 1. The molecule has 0 amide bonds. The number of aromatic nitrogens is 3. The number of hydrogen-bond donors (Lipinski definition) is 2. The Labute approximate surface area is 182 Å². The van der Waals surface area contributed by atoms with Crippen LogP contribution in [0, 0.1) is 5.82 Å². The molecule has 2 aromatic heterocycles. The number of benzene rings is 1. The van der Waals surface area contributed by atoms with Crippen LogP contribution in [0.15, 0.2) is 48.8 Å². The summed E-state index contributed by atoms with van der Waals surface area (Å²) in [5.74, 6) is 0.663. The normalized spacial score (nSPS) is 13.9. The third-order valence-electron chi connectivity index (χ3n) is 4.69. The van der Waals surface area contributed by atoms with Crippen LogP contribution in [0.3, 0.4) is 0 Å².